The molecular formula is C14H26N2S. The molecule has 2 aliphatic carbocycles. The van der Waals surface area contributed by atoms with Crippen LogP contribution in [0, 0.1) is 5.92 Å². The van der Waals surface area contributed by atoms with E-state index in [1.807, 2.05) is 0 Å². The molecule has 0 aromatic rings. The van der Waals surface area contributed by atoms with Crippen molar-refractivity contribution in [2.24, 2.45) is 5.92 Å². The summed E-state index contributed by atoms with van der Waals surface area (Å²) in [6.45, 7) is 6.22. The first kappa shape index (κ1) is 12.3. The Morgan fingerprint density at radius 1 is 1.24 bits per heavy atom. The summed E-state index contributed by atoms with van der Waals surface area (Å²) in [5.74, 6) is 0.958. The number of rotatable bonds is 3. The van der Waals surface area contributed by atoms with Crippen molar-refractivity contribution in [2.45, 2.75) is 55.9 Å². The van der Waals surface area contributed by atoms with Gasteiger partial charge in [-0.05, 0) is 44.8 Å². The molecule has 1 saturated heterocycles. The monoisotopic (exact) mass is 254 g/mol. The smallest absolute Gasteiger partial charge is 0.0309 e. The first-order chi connectivity index (χ1) is 8.23. The summed E-state index contributed by atoms with van der Waals surface area (Å²) in [4.78, 5) is 2.81. The lowest BCUT2D eigenvalue weighted by molar-refractivity contribution is 0.0920. The van der Waals surface area contributed by atoms with Crippen LogP contribution in [0.1, 0.15) is 39.0 Å². The van der Waals surface area contributed by atoms with Crippen molar-refractivity contribution < 1.29 is 0 Å². The van der Waals surface area contributed by atoms with Gasteiger partial charge in [0.25, 0.3) is 0 Å². The van der Waals surface area contributed by atoms with Gasteiger partial charge < -0.3 is 5.32 Å². The van der Waals surface area contributed by atoms with Gasteiger partial charge in [-0.25, -0.2) is 0 Å². The summed E-state index contributed by atoms with van der Waals surface area (Å²) in [5.41, 5.74) is 0.420. The van der Waals surface area contributed by atoms with Crippen LogP contribution in [0.25, 0.3) is 0 Å². The highest BCUT2D eigenvalue weighted by molar-refractivity contribution is 7.99. The summed E-state index contributed by atoms with van der Waals surface area (Å²) in [6, 6.07) is 0.866. The van der Waals surface area contributed by atoms with E-state index in [2.05, 4.69) is 35.2 Å². The second-order valence-electron chi connectivity index (χ2n) is 6.36. The summed E-state index contributed by atoms with van der Waals surface area (Å²) in [6.07, 6.45) is 9.52. The van der Waals surface area contributed by atoms with Gasteiger partial charge in [-0.3, -0.25) is 4.90 Å². The standard InChI is InChI=1S/C14H26N2S/c1-14(11-6-7-11)10-16(9-8-15-14)12-4-3-5-13(12)17-2/h11-13,15H,3-10H2,1-2H3. The largest absolute Gasteiger partial charge is 0.309 e. The quantitative estimate of drug-likeness (QED) is 0.832. The lowest BCUT2D eigenvalue weighted by atomic mass is 9.92. The first-order valence-corrected chi connectivity index (χ1v) is 8.53. The van der Waals surface area contributed by atoms with Gasteiger partial charge in [0, 0.05) is 36.5 Å². The molecule has 3 fully saturated rings. The van der Waals surface area contributed by atoms with Gasteiger partial charge in [0.05, 0.1) is 0 Å². The molecule has 3 unspecified atom stereocenters. The van der Waals surface area contributed by atoms with Crippen molar-refractivity contribution in [3.63, 3.8) is 0 Å². The molecule has 1 N–H and O–H groups in total. The van der Waals surface area contributed by atoms with Crippen LogP contribution in [0.3, 0.4) is 0 Å². The zero-order valence-corrected chi connectivity index (χ0v) is 12.1. The molecule has 2 nitrogen and oxygen atoms in total. The van der Waals surface area contributed by atoms with E-state index >= 15 is 0 Å². The van der Waals surface area contributed by atoms with E-state index in [4.69, 9.17) is 0 Å². The molecule has 0 radical (unpaired) electrons. The number of nitrogens with one attached hydrogen (secondary N) is 1. The minimum absolute atomic E-state index is 0.420. The molecule has 3 aliphatic rings. The number of hydrogen-bond acceptors (Lipinski definition) is 3. The summed E-state index contributed by atoms with van der Waals surface area (Å²) in [5, 5.41) is 4.69. The first-order valence-electron chi connectivity index (χ1n) is 7.25. The Kier molecular flexibility index (Phi) is 3.44. The molecule has 3 rings (SSSR count). The van der Waals surface area contributed by atoms with Crippen LogP contribution in [0.4, 0.5) is 0 Å². The summed E-state index contributed by atoms with van der Waals surface area (Å²) in [7, 11) is 0. The molecule has 2 saturated carbocycles. The molecule has 3 heteroatoms. The maximum atomic E-state index is 3.80. The van der Waals surface area contributed by atoms with Crippen molar-refractivity contribution >= 4 is 11.8 Å². The Morgan fingerprint density at radius 2 is 2.06 bits per heavy atom. The third kappa shape index (κ3) is 2.39. The number of nitrogens with zero attached hydrogens (tertiary/aromatic N) is 1. The van der Waals surface area contributed by atoms with Crippen molar-refractivity contribution in [3.8, 4) is 0 Å². The zero-order chi connectivity index (χ0) is 11.9. The fourth-order valence-corrected chi connectivity index (χ4v) is 4.94. The van der Waals surface area contributed by atoms with Crippen LogP contribution < -0.4 is 5.32 Å². The molecule has 1 heterocycles. The van der Waals surface area contributed by atoms with E-state index in [1.54, 1.807) is 0 Å². The molecule has 0 amide bonds. The van der Waals surface area contributed by atoms with Gasteiger partial charge in [-0.2, -0.15) is 11.8 Å². The Morgan fingerprint density at radius 3 is 2.76 bits per heavy atom. The predicted octanol–water partition coefficient (Wildman–Crippen LogP) is 2.34. The van der Waals surface area contributed by atoms with Crippen LogP contribution in [0.2, 0.25) is 0 Å². The highest BCUT2D eigenvalue weighted by Gasteiger charge is 2.46. The van der Waals surface area contributed by atoms with Gasteiger partial charge in [-0.15, -0.1) is 0 Å². The van der Waals surface area contributed by atoms with Gasteiger partial charge in [0.15, 0.2) is 0 Å². The van der Waals surface area contributed by atoms with E-state index in [0.717, 1.165) is 17.2 Å². The van der Waals surface area contributed by atoms with Crippen LogP contribution >= 0.6 is 11.8 Å². The van der Waals surface area contributed by atoms with E-state index in [1.165, 1.54) is 51.7 Å². The third-order valence-corrected chi connectivity index (χ3v) is 6.28. The fourth-order valence-electron chi connectivity index (χ4n) is 3.92. The molecule has 0 aromatic carbocycles. The maximum absolute atomic E-state index is 3.80. The molecule has 17 heavy (non-hydrogen) atoms. The molecule has 0 bridgehead atoms. The summed E-state index contributed by atoms with van der Waals surface area (Å²) >= 11 is 2.10. The van der Waals surface area contributed by atoms with Crippen molar-refractivity contribution in [2.75, 3.05) is 25.9 Å². The highest BCUT2D eigenvalue weighted by Crippen LogP contribution is 2.42. The van der Waals surface area contributed by atoms with E-state index in [0.29, 0.717) is 5.54 Å². The Bertz CT molecular complexity index is 279. The third-order valence-electron chi connectivity index (χ3n) is 5.13. The average Bonchev–Trinajstić information content (AvgIpc) is 3.08. The minimum atomic E-state index is 0.420. The van der Waals surface area contributed by atoms with Gasteiger partial charge >= 0.3 is 0 Å². The van der Waals surface area contributed by atoms with E-state index in [-0.39, 0.29) is 0 Å². The van der Waals surface area contributed by atoms with Gasteiger partial charge in [0.2, 0.25) is 0 Å². The Hall–Kier alpha value is 0.270. The fraction of sp³-hybridized carbons (Fsp3) is 1.00. The normalized spacial score (nSPS) is 44.1. The molecule has 3 atom stereocenters. The lowest BCUT2D eigenvalue weighted by Gasteiger charge is -2.45. The van der Waals surface area contributed by atoms with Gasteiger partial charge in [-0.1, -0.05) is 6.42 Å². The lowest BCUT2D eigenvalue weighted by Crippen LogP contribution is -2.62. The number of piperazine rings is 1. The van der Waals surface area contributed by atoms with Crippen LogP contribution in [-0.2, 0) is 0 Å². The Labute approximate surface area is 110 Å². The number of hydrogen-bond donors (Lipinski definition) is 1. The van der Waals surface area contributed by atoms with E-state index < -0.39 is 0 Å². The molecule has 98 valence electrons. The van der Waals surface area contributed by atoms with Crippen LogP contribution in [0.15, 0.2) is 0 Å². The predicted molar refractivity (Wildman–Crippen MR) is 75.6 cm³/mol. The van der Waals surface area contributed by atoms with Crippen LogP contribution in [-0.4, -0.2) is 47.6 Å². The SMILES string of the molecule is CSC1CCCC1N1CCNC(C)(C2CC2)C1. The molecular weight excluding hydrogens is 228 g/mol. The zero-order valence-electron chi connectivity index (χ0n) is 11.2. The summed E-state index contributed by atoms with van der Waals surface area (Å²) < 4.78 is 0. The highest BCUT2D eigenvalue weighted by atomic mass is 32.2. The van der Waals surface area contributed by atoms with Crippen molar-refractivity contribution in [1.82, 2.24) is 10.2 Å². The molecule has 0 aromatic heterocycles. The average molecular weight is 254 g/mol. The topological polar surface area (TPSA) is 15.3 Å². The minimum Gasteiger partial charge on any atom is -0.309 e. The second kappa shape index (κ2) is 4.75. The second-order valence-corrected chi connectivity index (χ2v) is 7.44. The van der Waals surface area contributed by atoms with Crippen molar-refractivity contribution in [1.29, 1.82) is 0 Å². The van der Waals surface area contributed by atoms with Gasteiger partial charge in [0.1, 0.15) is 0 Å². The van der Waals surface area contributed by atoms with Crippen molar-refractivity contribution in [3.05, 3.63) is 0 Å². The maximum Gasteiger partial charge on any atom is 0.0309 e. The van der Waals surface area contributed by atoms with Crippen LogP contribution in [0.5, 0.6) is 0 Å². The van der Waals surface area contributed by atoms with E-state index in [9.17, 15) is 0 Å². The Balaban J connectivity index is 1.66. The molecule has 0 spiro atoms. The number of thioether (sulfide) groups is 1. The molecule has 1 aliphatic heterocycles.